The highest BCUT2D eigenvalue weighted by molar-refractivity contribution is 5.94. The molecule has 33 heavy (non-hydrogen) atoms. The van der Waals surface area contributed by atoms with E-state index in [1.54, 1.807) is 12.4 Å². The van der Waals surface area contributed by atoms with E-state index in [-0.39, 0.29) is 6.10 Å². The van der Waals surface area contributed by atoms with Gasteiger partial charge in [-0.25, -0.2) is 9.97 Å². The Balaban J connectivity index is 1.22. The number of fused-ring (bicyclic) bond motifs is 1. The van der Waals surface area contributed by atoms with Crippen LogP contribution >= 0.6 is 0 Å². The Bertz CT molecular complexity index is 1340. The normalized spacial score (nSPS) is 21.4. The number of piperidine rings is 1. The Morgan fingerprint density at radius 3 is 2.70 bits per heavy atom. The highest BCUT2D eigenvalue weighted by Crippen LogP contribution is 2.53. The summed E-state index contributed by atoms with van der Waals surface area (Å²) in [5.41, 5.74) is 5.72. The zero-order chi connectivity index (χ0) is 21.8. The average molecular weight is 440 g/mol. The molecule has 8 heteroatoms. The second-order valence-electron chi connectivity index (χ2n) is 9.60. The molecule has 7 rings (SSSR count). The zero-order valence-corrected chi connectivity index (χ0v) is 18.3. The summed E-state index contributed by atoms with van der Waals surface area (Å²) in [5.74, 6) is 1.13. The van der Waals surface area contributed by atoms with Crippen LogP contribution in [0.25, 0.3) is 33.5 Å². The summed E-state index contributed by atoms with van der Waals surface area (Å²) in [4.78, 5) is 18.5. The first-order valence-electron chi connectivity index (χ1n) is 11.8. The summed E-state index contributed by atoms with van der Waals surface area (Å²) in [6.07, 6.45) is 13.4. The number of aromatic amines is 1. The van der Waals surface area contributed by atoms with Gasteiger partial charge in [0.15, 0.2) is 0 Å². The second-order valence-corrected chi connectivity index (χ2v) is 9.60. The van der Waals surface area contributed by atoms with Crippen molar-refractivity contribution in [3.63, 3.8) is 0 Å². The monoisotopic (exact) mass is 439 g/mol. The third kappa shape index (κ3) is 3.45. The first-order valence-corrected chi connectivity index (χ1v) is 11.8. The molecular weight excluding hydrogens is 414 g/mol. The van der Waals surface area contributed by atoms with Crippen molar-refractivity contribution in [1.29, 1.82) is 0 Å². The van der Waals surface area contributed by atoms with Crippen molar-refractivity contribution < 1.29 is 4.74 Å². The molecule has 1 unspecified atom stereocenters. The SMILES string of the molecule is c1cc2[nH]nc(-c3cncc(OC4CNCCC45CC5)n3)c2cc1-c1cncc(C2CC2)n1. The number of rotatable bonds is 5. The first-order chi connectivity index (χ1) is 16.3. The van der Waals surface area contributed by atoms with E-state index in [1.807, 2.05) is 18.5 Å². The third-order valence-corrected chi connectivity index (χ3v) is 7.33. The molecule has 3 fully saturated rings. The van der Waals surface area contributed by atoms with E-state index in [0.29, 0.717) is 22.9 Å². The van der Waals surface area contributed by atoms with Crippen LogP contribution in [-0.4, -0.2) is 49.3 Å². The molecular formula is C25H25N7O. The molecule has 0 bridgehead atoms. The van der Waals surface area contributed by atoms with Gasteiger partial charge in [-0.15, -0.1) is 0 Å². The standard InChI is InChI=1S/C25H25N7O/c1-2-15(1)19-10-27-11-20(29-19)16-3-4-18-17(9-16)24(32-31-18)21-12-28-14-23(30-21)33-22-13-26-8-7-25(22)5-6-25/h3-4,9-12,14-15,22,26H,1-2,5-8,13H2,(H,31,32). The van der Waals surface area contributed by atoms with E-state index >= 15 is 0 Å². The van der Waals surface area contributed by atoms with Crippen molar-refractivity contribution >= 4 is 10.9 Å². The second kappa shape index (κ2) is 7.31. The van der Waals surface area contributed by atoms with Gasteiger partial charge in [-0.05, 0) is 50.8 Å². The van der Waals surface area contributed by atoms with Crippen LogP contribution in [0.4, 0.5) is 0 Å². The Morgan fingerprint density at radius 2 is 1.82 bits per heavy atom. The molecule has 3 aliphatic rings. The van der Waals surface area contributed by atoms with Crippen molar-refractivity contribution in [3.05, 3.63) is 48.7 Å². The number of benzene rings is 1. The molecule has 2 N–H and O–H groups in total. The quantitative estimate of drug-likeness (QED) is 0.487. The molecule has 1 aliphatic heterocycles. The summed E-state index contributed by atoms with van der Waals surface area (Å²) in [6, 6.07) is 6.20. The molecule has 2 saturated carbocycles. The average Bonchev–Trinajstić information content (AvgIpc) is 3.79. The molecule has 4 aromatic rings. The number of ether oxygens (including phenoxy) is 1. The summed E-state index contributed by atoms with van der Waals surface area (Å²) < 4.78 is 6.33. The van der Waals surface area contributed by atoms with Crippen LogP contribution in [0.2, 0.25) is 0 Å². The van der Waals surface area contributed by atoms with Crippen molar-refractivity contribution in [1.82, 2.24) is 35.5 Å². The van der Waals surface area contributed by atoms with Gasteiger partial charge in [-0.2, -0.15) is 5.10 Å². The number of hydrogen-bond donors (Lipinski definition) is 2. The van der Waals surface area contributed by atoms with Gasteiger partial charge in [0.05, 0.1) is 35.5 Å². The number of nitrogens with one attached hydrogen (secondary N) is 2. The van der Waals surface area contributed by atoms with Gasteiger partial charge in [-0.1, -0.05) is 6.07 Å². The maximum atomic E-state index is 6.33. The first kappa shape index (κ1) is 19.1. The number of nitrogens with zero attached hydrogens (tertiary/aromatic N) is 5. The summed E-state index contributed by atoms with van der Waals surface area (Å²) in [6.45, 7) is 1.93. The summed E-state index contributed by atoms with van der Waals surface area (Å²) in [5, 5.41) is 12.1. The minimum absolute atomic E-state index is 0.149. The van der Waals surface area contributed by atoms with Gasteiger partial charge >= 0.3 is 0 Å². The fraction of sp³-hybridized carbons (Fsp3) is 0.400. The van der Waals surface area contributed by atoms with Crippen LogP contribution in [0.1, 0.15) is 43.7 Å². The topological polar surface area (TPSA) is 102 Å². The molecule has 4 heterocycles. The molecule has 0 radical (unpaired) electrons. The van der Waals surface area contributed by atoms with Crippen molar-refractivity contribution in [2.75, 3.05) is 13.1 Å². The van der Waals surface area contributed by atoms with Gasteiger partial charge in [0, 0.05) is 35.0 Å². The molecule has 166 valence electrons. The fourth-order valence-electron chi connectivity index (χ4n) is 4.98. The summed E-state index contributed by atoms with van der Waals surface area (Å²) >= 11 is 0. The number of aromatic nitrogens is 6. The van der Waals surface area contributed by atoms with Gasteiger partial charge in [-0.3, -0.25) is 15.1 Å². The maximum Gasteiger partial charge on any atom is 0.233 e. The number of hydrogen-bond acceptors (Lipinski definition) is 7. The van der Waals surface area contributed by atoms with Gasteiger partial charge in [0.1, 0.15) is 17.5 Å². The lowest BCUT2D eigenvalue weighted by Gasteiger charge is -2.32. The molecule has 1 saturated heterocycles. The lowest BCUT2D eigenvalue weighted by molar-refractivity contribution is 0.0844. The van der Waals surface area contributed by atoms with Gasteiger partial charge in [0.25, 0.3) is 0 Å². The number of H-pyrrole nitrogens is 1. The molecule has 3 aromatic heterocycles. The lowest BCUT2D eigenvalue weighted by Crippen LogP contribution is -2.45. The maximum absolute atomic E-state index is 6.33. The zero-order valence-electron chi connectivity index (χ0n) is 18.3. The molecule has 8 nitrogen and oxygen atoms in total. The predicted octanol–water partition coefficient (Wildman–Crippen LogP) is 3.88. The van der Waals surface area contributed by atoms with E-state index in [0.717, 1.165) is 46.6 Å². The van der Waals surface area contributed by atoms with Crippen LogP contribution in [0.15, 0.2) is 43.0 Å². The smallest absolute Gasteiger partial charge is 0.233 e. The van der Waals surface area contributed by atoms with Gasteiger partial charge < -0.3 is 10.1 Å². The molecule has 0 amide bonds. The lowest BCUT2D eigenvalue weighted by atomic mass is 9.92. The molecule has 2 aliphatic carbocycles. The van der Waals surface area contributed by atoms with Crippen LogP contribution in [0.3, 0.4) is 0 Å². The van der Waals surface area contributed by atoms with Crippen LogP contribution < -0.4 is 10.1 Å². The van der Waals surface area contributed by atoms with Gasteiger partial charge in [0.2, 0.25) is 5.88 Å². The Kier molecular flexibility index (Phi) is 4.24. The Hall–Kier alpha value is -3.39. The van der Waals surface area contributed by atoms with Crippen LogP contribution in [0.5, 0.6) is 5.88 Å². The van der Waals surface area contributed by atoms with Crippen molar-refractivity contribution in [3.8, 4) is 28.5 Å². The molecule has 1 aromatic carbocycles. The Morgan fingerprint density at radius 1 is 0.939 bits per heavy atom. The largest absolute Gasteiger partial charge is 0.471 e. The van der Waals surface area contributed by atoms with E-state index in [4.69, 9.17) is 14.7 Å². The van der Waals surface area contributed by atoms with Crippen molar-refractivity contribution in [2.45, 2.75) is 44.1 Å². The highest BCUT2D eigenvalue weighted by Gasteiger charge is 2.52. The minimum atomic E-state index is 0.149. The minimum Gasteiger partial charge on any atom is -0.471 e. The van der Waals surface area contributed by atoms with Crippen LogP contribution in [0, 0.1) is 5.41 Å². The summed E-state index contributed by atoms with van der Waals surface area (Å²) in [7, 11) is 0. The van der Waals surface area contributed by atoms with E-state index in [9.17, 15) is 0 Å². The molecule has 1 spiro atoms. The van der Waals surface area contributed by atoms with E-state index in [2.05, 4.69) is 37.6 Å². The van der Waals surface area contributed by atoms with E-state index < -0.39 is 0 Å². The van der Waals surface area contributed by atoms with Crippen molar-refractivity contribution in [2.24, 2.45) is 5.41 Å². The van der Waals surface area contributed by atoms with Crippen LogP contribution in [-0.2, 0) is 0 Å². The predicted molar refractivity (Wildman–Crippen MR) is 124 cm³/mol. The highest BCUT2D eigenvalue weighted by atomic mass is 16.5. The Labute approximate surface area is 191 Å². The van der Waals surface area contributed by atoms with E-state index in [1.165, 1.54) is 32.1 Å². The third-order valence-electron chi connectivity index (χ3n) is 7.33. The fourth-order valence-corrected chi connectivity index (χ4v) is 4.98. The molecule has 1 atom stereocenters.